The van der Waals surface area contributed by atoms with Crippen LogP contribution in [0.5, 0.6) is 0 Å². The van der Waals surface area contributed by atoms with Gasteiger partial charge in [0.1, 0.15) is 11.8 Å². The van der Waals surface area contributed by atoms with E-state index in [9.17, 15) is 9.59 Å². The minimum atomic E-state index is -0.605. The van der Waals surface area contributed by atoms with Crippen LogP contribution < -0.4 is 5.32 Å². The van der Waals surface area contributed by atoms with E-state index in [1.54, 1.807) is 4.90 Å². The molecule has 1 spiro atoms. The Bertz CT molecular complexity index is 665. The Morgan fingerprint density at radius 1 is 1.15 bits per heavy atom. The van der Waals surface area contributed by atoms with Crippen molar-refractivity contribution in [3.63, 3.8) is 0 Å². The van der Waals surface area contributed by atoms with Gasteiger partial charge < -0.3 is 10.1 Å². The molecule has 148 valence electrons. The van der Waals surface area contributed by atoms with Gasteiger partial charge in [0.05, 0.1) is 12.6 Å². The predicted octanol–water partition coefficient (Wildman–Crippen LogP) is 3.65. The molecule has 1 aromatic rings. The zero-order chi connectivity index (χ0) is 19.6. The zero-order valence-corrected chi connectivity index (χ0v) is 16.9. The van der Waals surface area contributed by atoms with Crippen molar-refractivity contribution in [1.82, 2.24) is 10.2 Å². The number of carbonyl (C=O) groups excluding carboxylic acids is 2. The van der Waals surface area contributed by atoms with Crippen molar-refractivity contribution < 1.29 is 14.3 Å². The second kappa shape index (κ2) is 8.01. The summed E-state index contributed by atoms with van der Waals surface area (Å²) in [6.45, 7) is 8.26. The van der Waals surface area contributed by atoms with Crippen molar-refractivity contribution in [3.8, 4) is 0 Å². The Morgan fingerprint density at radius 3 is 2.37 bits per heavy atom. The van der Waals surface area contributed by atoms with Crippen LogP contribution in [0.2, 0.25) is 0 Å². The van der Waals surface area contributed by atoms with Crippen molar-refractivity contribution >= 4 is 11.8 Å². The molecule has 5 nitrogen and oxygen atoms in total. The molecule has 1 aliphatic heterocycles. The number of rotatable bonds is 4. The van der Waals surface area contributed by atoms with Gasteiger partial charge in [0.2, 0.25) is 11.8 Å². The third-order valence-corrected chi connectivity index (χ3v) is 6.01. The highest BCUT2D eigenvalue weighted by molar-refractivity contribution is 5.89. The van der Waals surface area contributed by atoms with Gasteiger partial charge in [0, 0.05) is 5.92 Å². The van der Waals surface area contributed by atoms with Gasteiger partial charge in [0.15, 0.2) is 0 Å². The number of hydrogen-bond donors (Lipinski definition) is 1. The summed E-state index contributed by atoms with van der Waals surface area (Å²) < 4.78 is 6.18. The maximum Gasteiger partial charge on any atom is 0.245 e. The molecule has 0 bridgehead atoms. The molecule has 0 aromatic heterocycles. The Labute approximate surface area is 162 Å². The maximum absolute atomic E-state index is 13.1. The first kappa shape index (κ1) is 19.9. The van der Waals surface area contributed by atoms with Crippen LogP contribution in [0.15, 0.2) is 30.3 Å². The van der Waals surface area contributed by atoms with Gasteiger partial charge in [-0.25, -0.2) is 0 Å². The summed E-state index contributed by atoms with van der Waals surface area (Å²) in [5.41, 5.74) is 0.443. The van der Waals surface area contributed by atoms with Crippen molar-refractivity contribution in [2.75, 3.05) is 6.61 Å². The van der Waals surface area contributed by atoms with Crippen molar-refractivity contribution in [3.05, 3.63) is 35.9 Å². The molecule has 2 atom stereocenters. The van der Waals surface area contributed by atoms with E-state index in [1.807, 2.05) is 51.1 Å². The monoisotopic (exact) mass is 372 g/mol. The molecule has 1 heterocycles. The molecule has 27 heavy (non-hydrogen) atoms. The first-order valence-corrected chi connectivity index (χ1v) is 10.2. The van der Waals surface area contributed by atoms with Gasteiger partial charge in [-0.15, -0.1) is 0 Å². The quantitative estimate of drug-likeness (QED) is 0.878. The van der Waals surface area contributed by atoms with E-state index in [0.29, 0.717) is 5.92 Å². The fraction of sp³-hybridized carbons (Fsp3) is 0.636. The molecule has 0 unspecified atom stereocenters. The Balaban J connectivity index is 1.78. The molecule has 1 saturated carbocycles. The lowest BCUT2D eigenvalue weighted by Crippen LogP contribution is -2.58. The molecule has 1 saturated heterocycles. The van der Waals surface area contributed by atoms with Gasteiger partial charge in [-0.1, -0.05) is 51.1 Å². The summed E-state index contributed by atoms with van der Waals surface area (Å²) in [7, 11) is 0. The molecular weight excluding hydrogens is 340 g/mol. The molecule has 2 amide bonds. The number of amides is 2. The predicted molar refractivity (Wildman–Crippen MR) is 105 cm³/mol. The number of benzene rings is 1. The lowest BCUT2D eigenvalue weighted by atomic mass is 9.83. The molecule has 2 fully saturated rings. The first-order valence-electron chi connectivity index (χ1n) is 10.2. The van der Waals surface area contributed by atoms with E-state index in [-0.39, 0.29) is 30.4 Å². The van der Waals surface area contributed by atoms with Crippen LogP contribution in [0, 0.1) is 11.8 Å². The molecule has 1 aliphatic carbocycles. The minimum Gasteiger partial charge on any atom is -0.353 e. The minimum absolute atomic E-state index is 0.00886. The summed E-state index contributed by atoms with van der Waals surface area (Å²) in [6, 6.07) is 9.21. The third kappa shape index (κ3) is 4.03. The zero-order valence-electron chi connectivity index (χ0n) is 16.9. The Hall–Kier alpha value is -1.88. The first-order chi connectivity index (χ1) is 12.8. The molecule has 1 N–H and O–H groups in total. The highest BCUT2D eigenvalue weighted by atomic mass is 16.5. The molecule has 1 aromatic carbocycles. The van der Waals surface area contributed by atoms with Crippen LogP contribution in [-0.4, -0.2) is 35.1 Å². The molecular formula is C22H32N2O3. The highest BCUT2D eigenvalue weighted by Crippen LogP contribution is 2.43. The van der Waals surface area contributed by atoms with Gasteiger partial charge >= 0.3 is 0 Å². The lowest BCUT2D eigenvalue weighted by molar-refractivity contribution is -0.164. The van der Waals surface area contributed by atoms with E-state index >= 15 is 0 Å². The van der Waals surface area contributed by atoms with Crippen molar-refractivity contribution in [1.29, 1.82) is 0 Å². The Morgan fingerprint density at radius 2 is 1.78 bits per heavy atom. The largest absolute Gasteiger partial charge is 0.353 e. The summed E-state index contributed by atoms with van der Waals surface area (Å²) in [4.78, 5) is 27.9. The molecule has 5 heteroatoms. The normalized spacial score (nSPS) is 29.1. The standard InChI is InChI=1S/C22H32N2O3/c1-15(2)21(26)24-19(14-27-22(24)12-10-16(3)11-13-22)20(25)23-17(4)18-8-6-5-7-9-18/h5-9,15-17,19H,10-14H2,1-4H3,(H,23,25)/t16?,17-,19-,22?/m0/s1. The van der Waals surface area contributed by atoms with Crippen molar-refractivity contribution in [2.45, 2.75) is 71.2 Å². The van der Waals surface area contributed by atoms with Gasteiger partial charge in [-0.2, -0.15) is 0 Å². The number of nitrogens with one attached hydrogen (secondary N) is 1. The third-order valence-electron chi connectivity index (χ3n) is 6.01. The van der Waals surface area contributed by atoms with E-state index in [2.05, 4.69) is 12.2 Å². The molecule has 0 radical (unpaired) electrons. The van der Waals surface area contributed by atoms with E-state index in [4.69, 9.17) is 4.74 Å². The SMILES string of the molecule is CC1CCC2(CC1)OC[C@@H](C(=O)N[C@@H](C)c1ccccc1)N2C(=O)C(C)C. The lowest BCUT2D eigenvalue weighted by Gasteiger charge is -2.43. The van der Waals surface area contributed by atoms with Crippen LogP contribution >= 0.6 is 0 Å². The second-order valence-electron chi connectivity index (χ2n) is 8.46. The molecule has 3 rings (SSSR count). The number of carbonyl (C=O) groups is 2. The summed E-state index contributed by atoms with van der Waals surface area (Å²) in [6.07, 6.45) is 3.67. The highest BCUT2D eigenvalue weighted by Gasteiger charge is 2.53. The van der Waals surface area contributed by atoms with Crippen LogP contribution in [-0.2, 0) is 14.3 Å². The van der Waals surface area contributed by atoms with Crippen LogP contribution in [0.3, 0.4) is 0 Å². The van der Waals surface area contributed by atoms with Gasteiger partial charge in [0.25, 0.3) is 0 Å². The Kier molecular flexibility index (Phi) is 5.89. The topological polar surface area (TPSA) is 58.6 Å². The fourth-order valence-electron chi connectivity index (χ4n) is 4.22. The molecule has 2 aliphatic rings. The number of hydrogen-bond acceptors (Lipinski definition) is 3. The van der Waals surface area contributed by atoms with E-state index in [0.717, 1.165) is 31.2 Å². The maximum atomic E-state index is 13.1. The summed E-state index contributed by atoms with van der Waals surface area (Å²) in [5, 5.41) is 3.08. The van der Waals surface area contributed by atoms with Crippen molar-refractivity contribution in [2.24, 2.45) is 11.8 Å². The van der Waals surface area contributed by atoms with Gasteiger partial charge in [-0.05, 0) is 44.1 Å². The number of ether oxygens (including phenoxy) is 1. The fourth-order valence-corrected chi connectivity index (χ4v) is 4.22. The summed E-state index contributed by atoms with van der Waals surface area (Å²) >= 11 is 0. The average molecular weight is 373 g/mol. The van der Waals surface area contributed by atoms with E-state index < -0.39 is 11.8 Å². The van der Waals surface area contributed by atoms with Crippen LogP contribution in [0.1, 0.15) is 65.0 Å². The number of nitrogens with zero attached hydrogens (tertiary/aromatic N) is 1. The average Bonchev–Trinajstić information content (AvgIpc) is 3.03. The summed E-state index contributed by atoms with van der Waals surface area (Å²) in [5.74, 6) is 0.358. The van der Waals surface area contributed by atoms with Crippen LogP contribution in [0.4, 0.5) is 0 Å². The smallest absolute Gasteiger partial charge is 0.245 e. The second-order valence-corrected chi connectivity index (χ2v) is 8.46. The van der Waals surface area contributed by atoms with E-state index in [1.165, 1.54) is 0 Å². The van der Waals surface area contributed by atoms with Crippen LogP contribution in [0.25, 0.3) is 0 Å². The van der Waals surface area contributed by atoms with Gasteiger partial charge in [-0.3, -0.25) is 14.5 Å².